The van der Waals surface area contributed by atoms with Crippen LogP contribution in [0.2, 0.25) is 0 Å². The third-order valence-corrected chi connectivity index (χ3v) is 5.37. The summed E-state index contributed by atoms with van der Waals surface area (Å²) in [6, 6.07) is 9.21. The number of rotatable bonds is 7. The lowest BCUT2D eigenvalue weighted by molar-refractivity contribution is -0.157. The number of carboxylic acids is 1. The number of hydrogen-bond donors (Lipinski definition) is 2. The lowest BCUT2D eigenvalue weighted by Crippen LogP contribution is -2.45. The molecule has 6 heteroatoms. The Kier molecular flexibility index (Phi) is 5.06. The molecule has 1 aliphatic heterocycles. The summed E-state index contributed by atoms with van der Waals surface area (Å²) >= 11 is 0. The maximum Gasteiger partial charge on any atom is 0.310 e. The summed E-state index contributed by atoms with van der Waals surface area (Å²) in [6.07, 6.45) is 3.35. The molecule has 1 unspecified atom stereocenters. The van der Waals surface area contributed by atoms with Crippen LogP contribution in [0, 0.1) is 5.41 Å². The number of nitrogens with zero attached hydrogens (tertiary/aromatic N) is 1. The van der Waals surface area contributed by atoms with E-state index in [2.05, 4.69) is 5.32 Å². The van der Waals surface area contributed by atoms with Crippen LogP contribution in [0.1, 0.15) is 50.1 Å². The molecule has 1 saturated heterocycles. The average Bonchev–Trinajstić information content (AvgIpc) is 2.96. The number of hydrogen-bond acceptors (Lipinski definition) is 3. The predicted molar refractivity (Wildman–Crippen MR) is 91.7 cm³/mol. The van der Waals surface area contributed by atoms with Crippen LogP contribution in [0.3, 0.4) is 0 Å². The minimum absolute atomic E-state index is 0.000384. The van der Waals surface area contributed by atoms with Crippen molar-refractivity contribution in [3.8, 4) is 0 Å². The van der Waals surface area contributed by atoms with Gasteiger partial charge in [0.2, 0.25) is 11.8 Å². The van der Waals surface area contributed by atoms with Gasteiger partial charge in [0.1, 0.15) is 0 Å². The SMILES string of the molecule is O=C(CC1(C(=O)O)CCC1)NC(CN1CCCC1=O)c1ccccc1. The predicted octanol–water partition coefficient (Wildman–Crippen LogP) is 2.11. The van der Waals surface area contributed by atoms with Crippen molar-refractivity contribution < 1.29 is 19.5 Å². The molecular weight excluding hydrogens is 320 g/mol. The Hall–Kier alpha value is -2.37. The van der Waals surface area contributed by atoms with E-state index < -0.39 is 11.4 Å². The molecule has 0 radical (unpaired) electrons. The molecule has 6 nitrogen and oxygen atoms in total. The lowest BCUT2D eigenvalue weighted by atomic mass is 9.66. The number of benzene rings is 1. The van der Waals surface area contributed by atoms with Gasteiger partial charge in [-0.1, -0.05) is 36.8 Å². The Morgan fingerprint density at radius 1 is 1.20 bits per heavy atom. The van der Waals surface area contributed by atoms with Crippen molar-refractivity contribution in [2.75, 3.05) is 13.1 Å². The Bertz CT molecular complexity index is 655. The van der Waals surface area contributed by atoms with Crippen LogP contribution in [0.4, 0.5) is 0 Å². The lowest BCUT2D eigenvalue weighted by Gasteiger charge is -2.37. The molecule has 1 aliphatic carbocycles. The van der Waals surface area contributed by atoms with E-state index in [0.29, 0.717) is 32.4 Å². The van der Waals surface area contributed by atoms with Crippen LogP contribution in [0.25, 0.3) is 0 Å². The first kappa shape index (κ1) is 17.5. The van der Waals surface area contributed by atoms with Gasteiger partial charge in [0, 0.05) is 25.9 Å². The third-order valence-electron chi connectivity index (χ3n) is 5.37. The Morgan fingerprint density at radius 2 is 1.92 bits per heavy atom. The first-order valence-corrected chi connectivity index (χ1v) is 8.86. The zero-order chi connectivity index (χ0) is 17.9. The molecule has 2 amide bonds. The molecule has 3 rings (SSSR count). The van der Waals surface area contributed by atoms with Gasteiger partial charge in [-0.05, 0) is 24.8 Å². The highest BCUT2D eigenvalue weighted by Gasteiger charge is 2.46. The number of amides is 2. The summed E-state index contributed by atoms with van der Waals surface area (Å²) in [5.74, 6) is -1.04. The summed E-state index contributed by atoms with van der Waals surface area (Å²) in [5, 5.41) is 12.4. The molecular formula is C19H24N2O4. The second-order valence-electron chi connectivity index (χ2n) is 7.09. The quantitative estimate of drug-likeness (QED) is 0.793. The Labute approximate surface area is 147 Å². The van der Waals surface area contributed by atoms with Crippen molar-refractivity contribution >= 4 is 17.8 Å². The summed E-state index contributed by atoms with van der Waals surface area (Å²) in [5.41, 5.74) is 0.0166. The van der Waals surface area contributed by atoms with E-state index in [4.69, 9.17) is 0 Å². The second kappa shape index (κ2) is 7.25. The van der Waals surface area contributed by atoms with Gasteiger partial charge in [-0.2, -0.15) is 0 Å². The fourth-order valence-electron chi connectivity index (χ4n) is 3.66. The standard InChI is InChI=1S/C19H24N2O4/c22-16(12-19(18(24)25)9-5-10-19)20-15(14-6-2-1-3-7-14)13-21-11-4-8-17(21)23/h1-3,6-7,15H,4-5,8-13H2,(H,20,22)(H,24,25). The largest absolute Gasteiger partial charge is 0.481 e. The number of carbonyl (C=O) groups excluding carboxylic acids is 2. The number of aliphatic carboxylic acids is 1. The smallest absolute Gasteiger partial charge is 0.310 e. The van der Waals surface area contributed by atoms with E-state index in [1.807, 2.05) is 30.3 Å². The summed E-state index contributed by atoms with van der Waals surface area (Å²) < 4.78 is 0. The molecule has 2 aliphatic rings. The van der Waals surface area contributed by atoms with Crippen molar-refractivity contribution in [1.82, 2.24) is 10.2 Å². The van der Waals surface area contributed by atoms with E-state index in [1.165, 1.54) is 0 Å². The average molecular weight is 344 g/mol. The van der Waals surface area contributed by atoms with Gasteiger partial charge < -0.3 is 15.3 Å². The molecule has 0 spiro atoms. The molecule has 2 fully saturated rings. The highest BCUT2D eigenvalue weighted by Crippen LogP contribution is 2.44. The minimum Gasteiger partial charge on any atom is -0.481 e. The molecule has 1 aromatic rings. The van der Waals surface area contributed by atoms with Crippen LogP contribution in [0.5, 0.6) is 0 Å². The van der Waals surface area contributed by atoms with Crippen LogP contribution in [0.15, 0.2) is 30.3 Å². The zero-order valence-electron chi connectivity index (χ0n) is 14.2. The molecule has 25 heavy (non-hydrogen) atoms. The van der Waals surface area contributed by atoms with Gasteiger partial charge in [-0.15, -0.1) is 0 Å². The van der Waals surface area contributed by atoms with Crippen molar-refractivity contribution in [3.63, 3.8) is 0 Å². The van der Waals surface area contributed by atoms with Gasteiger partial charge in [-0.25, -0.2) is 0 Å². The molecule has 2 N–H and O–H groups in total. The fourth-order valence-corrected chi connectivity index (χ4v) is 3.66. The Morgan fingerprint density at radius 3 is 2.44 bits per heavy atom. The fraction of sp³-hybridized carbons (Fsp3) is 0.526. The summed E-state index contributed by atoms with van der Waals surface area (Å²) in [4.78, 5) is 37.7. The topological polar surface area (TPSA) is 86.7 Å². The third kappa shape index (κ3) is 3.83. The van der Waals surface area contributed by atoms with Gasteiger partial charge in [0.15, 0.2) is 0 Å². The zero-order valence-corrected chi connectivity index (χ0v) is 14.2. The van der Waals surface area contributed by atoms with Crippen LogP contribution < -0.4 is 5.32 Å². The molecule has 1 aromatic carbocycles. The number of carboxylic acid groups (broad SMARTS) is 1. The Balaban J connectivity index is 1.70. The van der Waals surface area contributed by atoms with Gasteiger partial charge in [0.25, 0.3) is 0 Å². The monoisotopic (exact) mass is 344 g/mol. The molecule has 1 saturated carbocycles. The summed E-state index contributed by atoms with van der Waals surface area (Å²) in [6.45, 7) is 1.13. The van der Waals surface area contributed by atoms with Crippen LogP contribution >= 0.6 is 0 Å². The number of nitrogens with one attached hydrogen (secondary N) is 1. The van der Waals surface area contributed by atoms with E-state index in [-0.39, 0.29) is 24.3 Å². The van der Waals surface area contributed by atoms with Gasteiger partial charge in [-0.3, -0.25) is 14.4 Å². The van der Waals surface area contributed by atoms with Gasteiger partial charge >= 0.3 is 5.97 Å². The van der Waals surface area contributed by atoms with Gasteiger partial charge in [0.05, 0.1) is 11.5 Å². The molecule has 0 bridgehead atoms. The summed E-state index contributed by atoms with van der Waals surface area (Å²) in [7, 11) is 0. The van der Waals surface area contributed by atoms with Crippen LogP contribution in [-0.2, 0) is 14.4 Å². The van der Waals surface area contributed by atoms with Crippen molar-refractivity contribution in [3.05, 3.63) is 35.9 Å². The first-order chi connectivity index (χ1) is 12.0. The van der Waals surface area contributed by atoms with Crippen molar-refractivity contribution in [2.45, 2.75) is 44.6 Å². The molecule has 0 aromatic heterocycles. The molecule has 1 atom stereocenters. The molecule has 134 valence electrons. The highest BCUT2D eigenvalue weighted by molar-refractivity contribution is 5.86. The minimum atomic E-state index is -0.908. The van der Waals surface area contributed by atoms with E-state index >= 15 is 0 Å². The normalized spacial score (nSPS) is 20.0. The maximum absolute atomic E-state index is 12.5. The first-order valence-electron chi connectivity index (χ1n) is 8.86. The second-order valence-corrected chi connectivity index (χ2v) is 7.09. The number of likely N-dealkylation sites (tertiary alicyclic amines) is 1. The highest BCUT2D eigenvalue weighted by atomic mass is 16.4. The maximum atomic E-state index is 12.5. The van der Waals surface area contributed by atoms with Crippen molar-refractivity contribution in [1.29, 1.82) is 0 Å². The van der Waals surface area contributed by atoms with Crippen molar-refractivity contribution in [2.24, 2.45) is 5.41 Å². The van der Waals surface area contributed by atoms with E-state index in [9.17, 15) is 19.5 Å². The van der Waals surface area contributed by atoms with E-state index in [0.717, 1.165) is 18.4 Å². The molecule has 1 heterocycles. The van der Waals surface area contributed by atoms with E-state index in [1.54, 1.807) is 4.90 Å². The number of carbonyl (C=O) groups is 3. The van der Waals surface area contributed by atoms with Crippen LogP contribution in [-0.4, -0.2) is 40.9 Å².